The van der Waals surface area contributed by atoms with Gasteiger partial charge in [-0.3, -0.25) is 0 Å². The molecule has 0 unspecified atom stereocenters. The number of carboxylic acid groups (broad SMARTS) is 1. The van der Waals surface area contributed by atoms with E-state index in [1.54, 1.807) is 12.1 Å². The van der Waals surface area contributed by atoms with Crippen LogP contribution in [-0.4, -0.2) is 16.2 Å². The number of fused-ring (bicyclic) bond motifs is 3. The Labute approximate surface area is 84.7 Å². The van der Waals surface area contributed by atoms with E-state index in [1.807, 2.05) is 0 Å². The summed E-state index contributed by atoms with van der Waals surface area (Å²) in [6.45, 7) is 0. The number of aliphatic hydroxyl groups is 1. The van der Waals surface area contributed by atoms with Crippen molar-refractivity contribution < 1.29 is 19.7 Å². The highest BCUT2D eigenvalue weighted by Gasteiger charge is 2.37. The Morgan fingerprint density at radius 2 is 2.13 bits per heavy atom. The number of benzene rings is 1. The van der Waals surface area contributed by atoms with Gasteiger partial charge >= 0.3 is 5.97 Å². The van der Waals surface area contributed by atoms with E-state index >= 15 is 0 Å². The first-order valence-electron chi connectivity index (χ1n) is 4.37. The van der Waals surface area contributed by atoms with E-state index in [9.17, 15) is 9.90 Å². The van der Waals surface area contributed by atoms with Crippen LogP contribution in [0.5, 0.6) is 5.75 Å². The van der Waals surface area contributed by atoms with Gasteiger partial charge in [-0.2, -0.15) is 0 Å². The molecule has 0 saturated heterocycles. The van der Waals surface area contributed by atoms with Crippen molar-refractivity contribution >= 4 is 11.5 Å². The lowest BCUT2D eigenvalue weighted by atomic mass is 10.0. The molecule has 0 spiro atoms. The first-order chi connectivity index (χ1) is 7.20. The van der Waals surface area contributed by atoms with E-state index < -0.39 is 5.97 Å². The molecule has 0 aromatic heterocycles. The number of hydrogen-bond donors (Lipinski definition) is 2. The minimum atomic E-state index is -1.04. The number of ether oxygens (including phenoxy) is 1. The molecule has 0 radical (unpaired) electrons. The quantitative estimate of drug-likeness (QED) is 0.730. The predicted octanol–water partition coefficient (Wildman–Crippen LogP) is 1.94. The van der Waals surface area contributed by atoms with Gasteiger partial charge in [0.05, 0.1) is 5.57 Å². The lowest BCUT2D eigenvalue weighted by Gasteiger charge is -2.11. The zero-order valence-corrected chi connectivity index (χ0v) is 7.52. The van der Waals surface area contributed by atoms with Crippen LogP contribution in [0.15, 0.2) is 35.8 Å². The van der Waals surface area contributed by atoms with Gasteiger partial charge in [0.15, 0.2) is 0 Å². The third-order valence-electron chi connectivity index (χ3n) is 2.51. The van der Waals surface area contributed by atoms with Crippen molar-refractivity contribution in [2.45, 2.75) is 0 Å². The van der Waals surface area contributed by atoms with Crippen molar-refractivity contribution in [1.82, 2.24) is 0 Å². The molecule has 0 fully saturated rings. The highest BCUT2D eigenvalue weighted by atomic mass is 16.5. The highest BCUT2D eigenvalue weighted by molar-refractivity contribution is 6.05. The molecule has 0 atom stereocenters. The largest absolute Gasteiger partial charge is 0.506 e. The van der Waals surface area contributed by atoms with Crippen molar-refractivity contribution in [3.05, 3.63) is 46.9 Å². The second-order valence-electron chi connectivity index (χ2n) is 3.36. The monoisotopic (exact) mass is 202 g/mol. The molecule has 1 aliphatic carbocycles. The molecule has 1 heterocycles. The van der Waals surface area contributed by atoms with Crippen LogP contribution in [0.2, 0.25) is 0 Å². The fraction of sp³-hybridized carbons (Fsp3) is 0. The molecule has 15 heavy (non-hydrogen) atoms. The molecule has 0 saturated carbocycles. The average Bonchev–Trinajstić information content (AvgIpc) is 2.89. The van der Waals surface area contributed by atoms with Gasteiger partial charge < -0.3 is 14.9 Å². The van der Waals surface area contributed by atoms with Gasteiger partial charge in [0.2, 0.25) is 0 Å². The SMILES string of the molecule is O=C(O)c1cccc2c1OC=C1C(O)=C12. The standard InChI is InChI=1S/C11H6O4/c12-9-7-4-15-10-5(8(7)9)2-1-3-6(10)11(13)14/h1-4,12H,(H,13,14). The number of rotatable bonds is 1. The summed E-state index contributed by atoms with van der Waals surface area (Å²) >= 11 is 0. The van der Waals surface area contributed by atoms with Crippen molar-refractivity contribution in [2.75, 3.05) is 0 Å². The Morgan fingerprint density at radius 3 is 2.87 bits per heavy atom. The molecule has 4 nitrogen and oxygen atoms in total. The molecule has 1 aromatic rings. The number of hydrogen-bond acceptors (Lipinski definition) is 3. The maximum Gasteiger partial charge on any atom is 0.339 e. The van der Waals surface area contributed by atoms with Crippen LogP contribution in [0.25, 0.3) is 5.57 Å². The number of aromatic carboxylic acids is 1. The summed E-state index contributed by atoms with van der Waals surface area (Å²) in [5.41, 5.74) is 2.10. The number of carboxylic acids is 1. The van der Waals surface area contributed by atoms with Crippen molar-refractivity contribution in [2.24, 2.45) is 0 Å². The molecule has 0 amide bonds. The van der Waals surface area contributed by atoms with E-state index in [1.165, 1.54) is 12.3 Å². The second kappa shape index (κ2) is 2.42. The number of para-hydroxylation sites is 1. The Morgan fingerprint density at radius 1 is 1.33 bits per heavy atom. The van der Waals surface area contributed by atoms with Crippen molar-refractivity contribution in [3.8, 4) is 5.75 Å². The van der Waals surface area contributed by atoms with Gasteiger partial charge in [-0.25, -0.2) is 4.79 Å². The number of carbonyl (C=O) groups is 1. The smallest absolute Gasteiger partial charge is 0.339 e. The molecule has 1 aliphatic heterocycles. The lowest BCUT2D eigenvalue weighted by molar-refractivity contribution is 0.0694. The van der Waals surface area contributed by atoms with Gasteiger partial charge in [0.1, 0.15) is 23.3 Å². The third-order valence-corrected chi connectivity index (χ3v) is 2.51. The molecule has 0 bridgehead atoms. The fourth-order valence-electron chi connectivity index (χ4n) is 1.73. The summed E-state index contributed by atoms with van der Waals surface area (Å²) in [7, 11) is 0. The van der Waals surface area contributed by atoms with Gasteiger partial charge in [0, 0.05) is 11.1 Å². The molecule has 3 rings (SSSR count). The van der Waals surface area contributed by atoms with E-state index in [0.29, 0.717) is 22.5 Å². The molecular weight excluding hydrogens is 196 g/mol. The minimum Gasteiger partial charge on any atom is -0.506 e. The zero-order chi connectivity index (χ0) is 10.6. The van der Waals surface area contributed by atoms with Gasteiger partial charge in [-0.15, -0.1) is 0 Å². The molecule has 1 aromatic carbocycles. The topological polar surface area (TPSA) is 66.8 Å². The number of aliphatic hydroxyl groups excluding tert-OH is 1. The minimum absolute atomic E-state index is 0.106. The number of allylic oxidation sites excluding steroid dienone is 2. The maximum absolute atomic E-state index is 10.9. The summed E-state index contributed by atoms with van der Waals surface area (Å²) in [4.78, 5) is 10.9. The van der Waals surface area contributed by atoms with Crippen molar-refractivity contribution in [3.63, 3.8) is 0 Å². The van der Waals surface area contributed by atoms with Crippen LogP contribution in [-0.2, 0) is 0 Å². The summed E-state index contributed by atoms with van der Waals surface area (Å²) in [5, 5.41) is 18.3. The average molecular weight is 202 g/mol. The molecule has 2 N–H and O–H groups in total. The van der Waals surface area contributed by atoms with Gasteiger partial charge in [-0.1, -0.05) is 12.1 Å². The Balaban J connectivity index is 2.24. The van der Waals surface area contributed by atoms with Crippen LogP contribution in [0.1, 0.15) is 15.9 Å². The summed E-state index contributed by atoms with van der Waals surface area (Å²) < 4.78 is 5.20. The summed E-state index contributed by atoms with van der Waals surface area (Å²) in [6.07, 6.45) is 1.37. The summed E-state index contributed by atoms with van der Waals surface area (Å²) in [6, 6.07) is 4.83. The Bertz CT molecular complexity index is 552. The second-order valence-corrected chi connectivity index (χ2v) is 3.36. The molecular formula is C11H6O4. The zero-order valence-electron chi connectivity index (χ0n) is 7.52. The Hall–Kier alpha value is -2.23. The highest BCUT2D eigenvalue weighted by Crippen LogP contribution is 2.51. The predicted molar refractivity (Wildman–Crippen MR) is 51.7 cm³/mol. The summed E-state index contributed by atoms with van der Waals surface area (Å²) in [5.74, 6) is -0.548. The van der Waals surface area contributed by atoms with Crippen LogP contribution in [0.3, 0.4) is 0 Å². The van der Waals surface area contributed by atoms with Crippen LogP contribution < -0.4 is 4.74 Å². The first-order valence-corrected chi connectivity index (χ1v) is 4.37. The van der Waals surface area contributed by atoms with Crippen LogP contribution >= 0.6 is 0 Å². The van der Waals surface area contributed by atoms with Crippen LogP contribution in [0.4, 0.5) is 0 Å². The van der Waals surface area contributed by atoms with E-state index in [4.69, 9.17) is 9.84 Å². The van der Waals surface area contributed by atoms with Gasteiger partial charge in [0.25, 0.3) is 0 Å². The van der Waals surface area contributed by atoms with E-state index in [-0.39, 0.29) is 11.3 Å². The molecule has 4 heteroatoms. The maximum atomic E-state index is 10.9. The lowest BCUT2D eigenvalue weighted by Crippen LogP contribution is -2.03. The third kappa shape index (κ3) is 0.929. The molecule has 74 valence electrons. The van der Waals surface area contributed by atoms with E-state index in [2.05, 4.69) is 0 Å². The molecule has 2 aliphatic rings. The van der Waals surface area contributed by atoms with Crippen molar-refractivity contribution in [1.29, 1.82) is 0 Å². The Kier molecular flexibility index (Phi) is 1.31. The van der Waals surface area contributed by atoms with E-state index in [0.717, 1.165) is 0 Å². The van der Waals surface area contributed by atoms with Gasteiger partial charge in [-0.05, 0) is 6.07 Å². The van der Waals surface area contributed by atoms with Crippen LogP contribution in [0, 0.1) is 0 Å². The normalized spacial score (nSPS) is 16.1. The first kappa shape index (κ1) is 8.11. The fourth-order valence-corrected chi connectivity index (χ4v) is 1.73.